The minimum Gasteiger partial charge on any atom is -0.466 e. The monoisotopic (exact) mass is 350 g/mol. The Bertz CT molecular complexity index is 464. The van der Waals surface area contributed by atoms with Crippen molar-refractivity contribution in [2.24, 2.45) is 17.3 Å². The summed E-state index contributed by atoms with van der Waals surface area (Å²) in [6.07, 6.45) is 6.33. The van der Waals surface area contributed by atoms with E-state index in [1.807, 2.05) is 13.0 Å². The van der Waals surface area contributed by atoms with E-state index in [2.05, 4.69) is 16.4 Å². The molecule has 3 aliphatic heterocycles. The van der Waals surface area contributed by atoms with Crippen molar-refractivity contribution in [2.75, 3.05) is 59.1 Å². The molecule has 5 heteroatoms. The minimum atomic E-state index is -0.316. The van der Waals surface area contributed by atoms with Crippen LogP contribution in [-0.2, 0) is 14.3 Å². The Morgan fingerprint density at radius 2 is 2.08 bits per heavy atom. The maximum Gasteiger partial charge on any atom is 0.313 e. The number of carbonyl (C=O) groups is 1. The topological polar surface area (TPSA) is 42.0 Å². The zero-order valence-electron chi connectivity index (χ0n) is 15.8. The Balaban J connectivity index is 1.70. The average Bonchev–Trinajstić information content (AvgIpc) is 2.85. The Labute approximate surface area is 152 Å². The lowest BCUT2D eigenvalue weighted by atomic mass is 9.75. The molecule has 0 amide bonds. The highest BCUT2D eigenvalue weighted by Crippen LogP contribution is 2.44. The molecule has 0 unspecified atom stereocenters. The molecule has 0 bridgehead atoms. The van der Waals surface area contributed by atoms with Crippen molar-refractivity contribution in [3.63, 3.8) is 0 Å². The van der Waals surface area contributed by atoms with E-state index in [0.29, 0.717) is 12.5 Å². The molecule has 0 spiro atoms. The van der Waals surface area contributed by atoms with Gasteiger partial charge in [-0.2, -0.15) is 0 Å². The van der Waals surface area contributed by atoms with E-state index in [1.165, 1.54) is 12.8 Å². The molecule has 0 aromatic heterocycles. The van der Waals surface area contributed by atoms with Crippen LogP contribution in [0, 0.1) is 17.3 Å². The number of likely N-dealkylation sites (tertiary alicyclic amines) is 2. The van der Waals surface area contributed by atoms with Gasteiger partial charge < -0.3 is 14.4 Å². The summed E-state index contributed by atoms with van der Waals surface area (Å²) < 4.78 is 11.0. The van der Waals surface area contributed by atoms with Crippen LogP contribution in [-0.4, -0.2) is 74.9 Å². The Morgan fingerprint density at radius 1 is 1.32 bits per heavy atom. The van der Waals surface area contributed by atoms with E-state index < -0.39 is 0 Å². The van der Waals surface area contributed by atoms with E-state index in [-0.39, 0.29) is 11.4 Å². The molecular weight excluding hydrogens is 316 g/mol. The van der Waals surface area contributed by atoms with E-state index in [4.69, 9.17) is 9.47 Å². The maximum atomic E-state index is 12.9. The van der Waals surface area contributed by atoms with Crippen LogP contribution in [0.3, 0.4) is 0 Å². The maximum absolute atomic E-state index is 12.9. The number of nitrogens with zero attached hydrogens (tertiary/aromatic N) is 2. The fraction of sp³-hybridized carbons (Fsp3) is 0.850. The predicted octanol–water partition coefficient (Wildman–Crippen LogP) is 2.18. The van der Waals surface area contributed by atoms with Crippen LogP contribution in [0.4, 0.5) is 0 Å². The molecule has 0 N–H and O–H groups in total. The summed E-state index contributed by atoms with van der Waals surface area (Å²) >= 11 is 0. The van der Waals surface area contributed by atoms with E-state index in [0.717, 1.165) is 71.2 Å². The first-order chi connectivity index (χ1) is 12.2. The molecule has 0 saturated carbocycles. The van der Waals surface area contributed by atoms with Gasteiger partial charge in [-0.1, -0.05) is 6.08 Å². The first-order valence-corrected chi connectivity index (χ1v) is 9.98. The second-order valence-electron chi connectivity index (χ2n) is 7.98. The summed E-state index contributed by atoms with van der Waals surface area (Å²) in [7, 11) is 0. The van der Waals surface area contributed by atoms with Crippen LogP contribution in [0.25, 0.3) is 0 Å². The van der Waals surface area contributed by atoms with E-state index in [1.54, 1.807) is 0 Å². The highest BCUT2D eigenvalue weighted by atomic mass is 16.5. The second kappa shape index (κ2) is 8.65. The molecule has 0 aliphatic carbocycles. The van der Waals surface area contributed by atoms with Crippen molar-refractivity contribution >= 4 is 5.97 Å². The van der Waals surface area contributed by atoms with Gasteiger partial charge >= 0.3 is 5.97 Å². The quantitative estimate of drug-likeness (QED) is 0.542. The predicted molar refractivity (Wildman–Crippen MR) is 98.4 cm³/mol. The van der Waals surface area contributed by atoms with Gasteiger partial charge in [-0.25, -0.2) is 0 Å². The Morgan fingerprint density at radius 3 is 2.80 bits per heavy atom. The van der Waals surface area contributed by atoms with E-state index in [9.17, 15) is 4.79 Å². The van der Waals surface area contributed by atoms with E-state index >= 15 is 0 Å². The molecule has 2 atom stereocenters. The SMILES string of the molecule is C=CCN1C[C@@H]2CN(CC3CCOCC3)CCC[C@]2(C(=O)OCC)C1. The highest BCUT2D eigenvalue weighted by Gasteiger charge is 2.53. The normalized spacial score (nSPS) is 32.1. The Kier molecular flexibility index (Phi) is 6.53. The van der Waals surface area contributed by atoms with Gasteiger partial charge in [0.05, 0.1) is 12.0 Å². The highest BCUT2D eigenvalue weighted by molar-refractivity contribution is 5.78. The van der Waals surface area contributed by atoms with Crippen molar-refractivity contribution in [1.82, 2.24) is 9.80 Å². The van der Waals surface area contributed by atoms with Crippen molar-refractivity contribution in [3.8, 4) is 0 Å². The lowest BCUT2D eigenvalue weighted by molar-refractivity contribution is -0.157. The van der Waals surface area contributed by atoms with Gasteiger partial charge in [0.2, 0.25) is 0 Å². The van der Waals surface area contributed by atoms with Crippen LogP contribution in [0.2, 0.25) is 0 Å². The van der Waals surface area contributed by atoms with Crippen LogP contribution in [0.5, 0.6) is 0 Å². The average molecular weight is 351 g/mol. The standard InChI is InChI=1S/C20H34N2O3/c1-3-9-22-15-18-14-21(13-17-6-11-24-12-7-17)10-5-8-20(18,16-22)19(23)25-4-2/h3,17-18H,1,4-16H2,2H3/t18-,20-/m0/s1. The lowest BCUT2D eigenvalue weighted by Gasteiger charge is -2.33. The molecule has 3 fully saturated rings. The first-order valence-electron chi connectivity index (χ1n) is 9.98. The zero-order valence-corrected chi connectivity index (χ0v) is 15.8. The number of hydrogen-bond acceptors (Lipinski definition) is 5. The molecule has 0 radical (unpaired) electrons. The summed E-state index contributed by atoms with van der Waals surface area (Å²) in [6, 6.07) is 0. The third kappa shape index (κ3) is 4.26. The van der Waals surface area contributed by atoms with Gasteiger partial charge in [0.15, 0.2) is 0 Å². The van der Waals surface area contributed by atoms with Gasteiger partial charge in [-0.15, -0.1) is 6.58 Å². The number of rotatable bonds is 6. The van der Waals surface area contributed by atoms with Crippen molar-refractivity contribution < 1.29 is 14.3 Å². The van der Waals surface area contributed by atoms with Crippen LogP contribution < -0.4 is 0 Å². The van der Waals surface area contributed by atoms with Crippen molar-refractivity contribution in [3.05, 3.63) is 12.7 Å². The van der Waals surface area contributed by atoms with Gasteiger partial charge in [0.1, 0.15) is 0 Å². The molecule has 3 aliphatic rings. The molecule has 0 aromatic carbocycles. The Hall–Kier alpha value is -0.910. The summed E-state index contributed by atoms with van der Waals surface area (Å²) in [5.41, 5.74) is -0.316. The molecule has 3 saturated heterocycles. The van der Waals surface area contributed by atoms with Gasteiger partial charge in [0.25, 0.3) is 0 Å². The number of hydrogen-bond donors (Lipinski definition) is 0. The van der Waals surface area contributed by atoms with Gasteiger partial charge in [-0.05, 0) is 45.1 Å². The van der Waals surface area contributed by atoms with Crippen LogP contribution in [0.1, 0.15) is 32.6 Å². The molecule has 3 rings (SSSR count). The molecule has 25 heavy (non-hydrogen) atoms. The van der Waals surface area contributed by atoms with Crippen molar-refractivity contribution in [2.45, 2.75) is 32.6 Å². The minimum absolute atomic E-state index is 0.0273. The molecule has 3 heterocycles. The number of fused-ring (bicyclic) bond motifs is 1. The number of ether oxygens (including phenoxy) is 2. The largest absolute Gasteiger partial charge is 0.466 e. The summed E-state index contributed by atoms with van der Waals surface area (Å²) in [6.45, 7) is 14.0. The van der Waals surface area contributed by atoms with Gasteiger partial charge in [0, 0.05) is 51.9 Å². The summed E-state index contributed by atoms with van der Waals surface area (Å²) in [5, 5.41) is 0. The van der Waals surface area contributed by atoms with Crippen molar-refractivity contribution in [1.29, 1.82) is 0 Å². The zero-order chi connectivity index (χ0) is 17.7. The molecular formula is C20H34N2O3. The summed E-state index contributed by atoms with van der Waals surface area (Å²) in [4.78, 5) is 17.9. The fourth-order valence-electron chi connectivity index (χ4n) is 5.01. The molecule has 5 nitrogen and oxygen atoms in total. The lowest BCUT2D eigenvalue weighted by Crippen LogP contribution is -2.43. The number of carbonyl (C=O) groups excluding carboxylic acids is 1. The smallest absolute Gasteiger partial charge is 0.313 e. The first kappa shape index (κ1) is 18.9. The summed E-state index contributed by atoms with van der Waals surface area (Å²) in [5.74, 6) is 1.14. The molecule has 0 aromatic rings. The van der Waals surface area contributed by atoms with Crippen LogP contribution >= 0.6 is 0 Å². The van der Waals surface area contributed by atoms with Crippen LogP contribution in [0.15, 0.2) is 12.7 Å². The number of esters is 1. The van der Waals surface area contributed by atoms with Gasteiger partial charge in [-0.3, -0.25) is 9.69 Å². The third-order valence-electron chi connectivity index (χ3n) is 6.27. The fourth-order valence-corrected chi connectivity index (χ4v) is 5.01. The second-order valence-corrected chi connectivity index (χ2v) is 7.98. The third-order valence-corrected chi connectivity index (χ3v) is 6.27. The molecule has 142 valence electrons.